The van der Waals surface area contributed by atoms with Gasteiger partial charge in [-0.1, -0.05) is 27.7 Å². The molecule has 0 amide bonds. The summed E-state index contributed by atoms with van der Waals surface area (Å²) in [6.45, 7) is 8.32. The first-order valence-corrected chi connectivity index (χ1v) is 5.20. The number of rotatable bonds is 2. The van der Waals surface area contributed by atoms with Crippen LogP contribution in [0.4, 0.5) is 4.79 Å². The molecule has 0 saturated heterocycles. The molecule has 0 unspecified atom stereocenters. The van der Waals surface area contributed by atoms with E-state index in [4.69, 9.17) is 25.7 Å². The third-order valence-electron chi connectivity index (χ3n) is 1.78. The third kappa shape index (κ3) is 8.77. The molecule has 1 aromatic heterocycles. The molecule has 0 saturated carbocycles. The van der Waals surface area contributed by atoms with Gasteiger partial charge in [0, 0.05) is 0 Å². The maximum atomic E-state index is 8.90. The van der Waals surface area contributed by atoms with Crippen molar-refractivity contribution in [3.63, 3.8) is 0 Å². The average molecular weight is 278 g/mol. The lowest BCUT2D eigenvalue weighted by molar-refractivity contribution is -0.194. The topological polar surface area (TPSA) is 159 Å². The number of hydrogen-bond donors (Lipinski definition) is 4. The molecule has 4 N–H and O–H groups in total. The lowest BCUT2D eigenvalue weighted by Crippen LogP contribution is -2.08. The second-order valence-corrected chi connectivity index (χ2v) is 3.82. The van der Waals surface area contributed by atoms with Gasteiger partial charge in [-0.3, -0.25) is 15.4 Å². The SMILES string of the molecule is CC(C)c1nnnnc1C(C)C.O=C(O)OO.OO. The molecular weight excluding hydrogens is 260 g/mol. The normalized spacial score (nSPS) is 9.11. The molecule has 1 rings (SSSR count). The molecule has 10 nitrogen and oxygen atoms in total. The zero-order valence-electron chi connectivity index (χ0n) is 11.0. The van der Waals surface area contributed by atoms with Crippen LogP contribution >= 0.6 is 0 Å². The minimum atomic E-state index is -1.69. The van der Waals surface area contributed by atoms with Gasteiger partial charge in [0.15, 0.2) is 0 Å². The van der Waals surface area contributed by atoms with E-state index in [1.54, 1.807) is 0 Å². The van der Waals surface area contributed by atoms with Crippen LogP contribution in [0.15, 0.2) is 0 Å². The van der Waals surface area contributed by atoms with Gasteiger partial charge in [0.1, 0.15) is 0 Å². The fourth-order valence-electron chi connectivity index (χ4n) is 1.06. The third-order valence-corrected chi connectivity index (χ3v) is 1.78. The number of carboxylic acid groups (broad SMARTS) is 1. The van der Waals surface area contributed by atoms with Gasteiger partial charge in [-0.2, -0.15) is 5.26 Å². The molecule has 0 spiro atoms. The van der Waals surface area contributed by atoms with Gasteiger partial charge >= 0.3 is 6.16 Å². The Morgan fingerprint density at radius 3 is 1.42 bits per heavy atom. The van der Waals surface area contributed by atoms with E-state index in [0.29, 0.717) is 11.8 Å². The predicted molar refractivity (Wildman–Crippen MR) is 62.8 cm³/mol. The minimum absolute atomic E-state index is 0.366. The molecule has 0 aliphatic carbocycles. The largest absolute Gasteiger partial charge is 0.537 e. The zero-order valence-corrected chi connectivity index (χ0v) is 11.0. The van der Waals surface area contributed by atoms with Gasteiger partial charge in [-0.05, 0) is 22.3 Å². The molecule has 0 fully saturated rings. The summed E-state index contributed by atoms with van der Waals surface area (Å²) < 4.78 is 0. The lowest BCUT2D eigenvalue weighted by Gasteiger charge is -2.09. The van der Waals surface area contributed by atoms with Gasteiger partial charge in [0.2, 0.25) is 0 Å². The van der Waals surface area contributed by atoms with Crippen molar-refractivity contribution in [1.82, 2.24) is 20.6 Å². The van der Waals surface area contributed by atoms with Crippen molar-refractivity contribution in [3.8, 4) is 0 Å². The summed E-state index contributed by atoms with van der Waals surface area (Å²) in [7, 11) is 0. The minimum Gasteiger partial charge on any atom is -0.448 e. The summed E-state index contributed by atoms with van der Waals surface area (Å²) in [5, 5.41) is 41.3. The van der Waals surface area contributed by atoms with Crippen molar-refractivity contribution < 1.29 is 30.6 Å². The smallest absolute Gasteiger partial charge is 0.448 e. The van der Waals surface area contributed by atoms with Gasteiger partial charge in [0.25, 0.3) is 0 Å². The Labute approximate surface area is 109 Å². The van der Waals surface area contributed by atoms with Crippen LogP contribution in [-0.4, -0.2) is 47.7 Å². The molecule has 19 heavy (non-hydrogen) atoms. The highest BCUT2D eigenvalue weighted by atomic mass is 17.1. The Morgan fingerprint density at radius 1 is 1.00 bits per heavy atom. The molecule has 1 heterocycles. The van der Waals surface area contributed by atoms with Crippen LogP contribution in [0.3, 0.4) is 0 Å². The number of aromatic nitrogens is 4. The molecule has 0 aromatic carbocycles. The second-order valence-electron chi connectivity index (χ2n) is 3.82. The fraction of sp³-hybridized carbons (Fsp3) is 0.667. The predicted octanol–water partition coefficient (Wildman–Crippen LogP) is 1.68. The first-order valence-electron chi connectivity index (χ1n) is 5.20. The van der Waals surface area contributed by atoms with Crippen LogP contribution in [0.5, 0.6) is 0 Å². The molecule has 0 aliphatic heterocycles. The Hall–Kier alpha value is -1.91. The number of carbonyl (C=O) groups is 1. The molecule has 0 atom stereocenters. The van der Waals surface area contributed by atoms with Crippen molar-refractivity contribution in [1.29, 1.82) is 0 Å². The fourth-order valence-corrected chi connectivity index (χ4v) is 1.06. The number of nitrogens with zero attached hydrogens (tertiary/aromatic N) is 4. The standard InChI is InChI=1S/C8H14N4.CH2O4.H2O2/c1-5(2)7-8(6(3)4)10-12-11-9-7;2-1(3)5-4;1-2/h5-6H,1-4H3;4H,(H,2,3);1-2H. The summed E-state index contributed by atoms with van der Waals surface area (Å²) in [5.74, 6) is 0.732. The quantitative estimate of drug-likeness (QED) is 0.463. The molecule has 0 bridgehead atoms. The van der Waals surface area contributed by atoms with E-state index in [1.807, 2.05) is 0 Å². The Balaban J connectivity index is 0. The Kier molecular flexibility index (Phi) is 11.4. The van der Waals surface area contributed by atoms with Crippen LogP contribution in [0, 0.1) is 0 Å². The first-order chi connectivity index (χ1) is 8.90. The van der Waals surface area contributed by atoms with Crippen LogP contribution in [-0.2, 0) is 4.89 Å². The van der Waals surface area contributed by atoms with Crippen molar-refractivity contribution >= 4 is 6.16 Å². The summed E-state index contributed by atoms with van der Waals surface area (Å²) in [6.07, 6.45) is -1.69. The van der Waals surface area contributed by atoms with Crippen LogP contribution < -0.4 is 0 Å². The van der Waals surface area contributed by atoms with Crippen molar-refractivity contribution in [2.24, 2.45) is 0 Å². The molecule has 1 aromatic rings. The van der Waals surface area contributed by atoms with Crippen molar-refractivity contribution in [2.75, 3.05) is 0 Å². The van der Waals surface area contributed by atoms with Gasteiger partial charge < -0.3 is 5.11 Å². The Morgan fingerprint density at radius 2 is 1.26 bits per heavy atom. The first kappa shape index (κ1) is 19.4. The average Bonchev–Trinajstić information content (AvgIpc) is 2.41. The van der Waals surface area contributed by atoms with Crippen molar-refractivity contribution in [2.45, 2.75) is 39.5 Å². The highest BCUT2D eigenvalue weighted by Crippen LogP contribution is 2.19. The van der Waals surface area contributed by atoms with Gasteiger partial charge in [-0.25, -0.2) is 4.79 Å². The van der Waals surface area contributed by atoms with E-state index >= 15 is 0 Å². The summed E-state index contributed by atoms with van der Waals surface area (Å²) in [6, 6.07) is 0. The van der Waals surface area contributed by atoms with Crippen LogP contribution in [0.1, 0.15) is 50.9 Å². The van der Waals surface area contributed by atoms with Gasteiger partial charge in [0.05, 0.1) is 11.4 Å². The van der Waals surface area contributed by atoms with E-state index in [0.717, 1.165) is 11.4 Å². The number of hydrogen-bond acceptors (Lipinski definition) is 9. The van der Waals surface area contributed by atoms with Crippen molar-refractivity contribution in [3.05, 3.63) is 11.4 Å². The second kappa shape index (κ2) is 11.2. The van der Waals surface area contributed by atoms with E-state index in [9.17, 15) is 0 Å². The summed E-state index contributed by atoms with van der Waals surface area (Å²) in [4.78, 5) is 11.6. The molecule has 0 aliphatic rings. The maximum absolute atomic E-state index is 8.90. The molecule has 110 valence electrons. The monoisotopic (exact) mass is 278 g/mol. The summed E-state index contributed by atoms with van der Waals surface area (Å²) >= 11 is 0. The highest BCUT2D eigenvalue weighted by molar-refractivity contribution is 5.55. The van der Waals surface area contributed by atoms with E-state index in [-0.39, 0.29) is 0 Å². The molecule has 0 radical (unpaired) electrons. The van der Waals surface area contributed by atoms with E-state index in [2.05, 4.69) is 53.2 Å². The highest BCUT2D eigenvalue weighted by Gasteiger charge is 2.13. The summed E-state index contributed by atoms with van der Waals surface area (Å²) in [5.41, 5.74) is 1.92. The molecule has 10 heteroatoms. The zero-order chi connectivity index (χ0) is 15.4. The van der Waals surface area contributed by atoms with Gasteiger partial charge in [-0.15, -0.1) is 10.2 Å². The van der Waals surface area contributed by atoms with E-state index in [1.165, 1.54) is 0 Å². The maximum Gasteiger partial charge on any atom is 0.537 e. The van der Waals surface area contributed by atoms with Crippen LogP contribution in [0.2, 0.25) is 0 Å². The lowest BCUT2D eigenvalue weighted by atomic mass is 10.0. The molecular formula is C9H18N4O6. The van der Waals surface area contributed by atoms with E-state index < -0.39 is 6.16 Å². The van der Waals surface area contributed by atoms with Crippen LogP contribution in [0.25, 0.3) is 0 Å². The Bertz CT molecular complexity index is 333.